The average Bonchev–Trinajstić information content (AvgIpc) is 1.85. The lowest BCUT2D eigenvalue weighted by Gasteiger charge is -2.06. The minimum Gasteiger partial charge on any atom is -0.481 e. The summed E-state index contributed by atoms with van der Waals surface area (Å²) in [6, 6.07) is 0. The van der Waals surface area contributed by atoms with Gasteiger partial charge in [0.25, 0.3) is 0 Å². The SMILES string of the molecule is COCC(C)CCC(=O)O. The largest absolute Gasteiger partial charge is 0.481 e. The number of carboxylic acids is 1. The number of carboxylic acid groups (broad SMARTS) is 1. The third-order valence-corrected chi connectivity index (χ3v) is 1.30. The summed E-state index contributed by atoms with van der Waals surface area (Å²) in [6.45, 7) is 2.62. The van der Waals surface area contributed by atoms with Crippen LogP contribution in [0.25, 0.3) is 0 Å². The van der Waals surface area contributed by atoms with Gasteiger partial charge in [0.2, 0.25) is 0 Å². The number of methoxy groups -OCH3 is 1. The topological polar surface area (TPSA) is 46.5 Å². The lowest BCUT2D eigenvalue weighted by Crippen LogP contribution is -2.06. The van der Waals surface area contributed by atoms with Gasteiger partial charge in [-0.05, 0) is 12.3 Å². The van der Waals surface area contributed by atoms with E-state index in [1.165, 1.54) is 0 Å². The van der Waals surface area contributed by atoms with E-state index in [1.54, 1.807) is 7.11 Å². The minimum atomic E-state index is -0.733. The number of aliphatic carboxylic acids is 1. The lowest BCUT2D eigenvalue weighted by molar-refractivity contribution is -0.137. The second-order valence-corrected chi connectivity index (χ2v) is 2.49. The van der Waals surface area contributed by atoms with Crippen LogP contribution in [-0.4, -0.2) is 24.8 Å². The highest BCUT2D eigenvalue weighted by Gasteiger charge is 2.03. The molecule has 0 aliphatic heterocycles. The summed E-state index contributed by atoms with van der Waals surface area (Å²) in [4.78, 5) is 10.1. The zero-order chi connectivity index (χ0) is 7.98. The van der Waals surface area contributed by atoms with Crippen molar-refractivity contribution in [1.29, 1.82) is 0 Å². The summed E-state index contributed by atoms with van der Waals surface area (Å²) in [5.74, 6) is -0.385. The van der Waals surface area contributed by atoms with E-state index in [0.717, 1.165) is 0 Å². The predicted molar refractivity (Wildman–Crippen MR) is 37.9 cm³/mol. The van der Waals surface area contributed by atoms with Gasteiger partial charge in [-0.2, -0.15) is 0 Å². The standard InChI is InChI=1S/C7H14O3/c1-6(5-10-2)3-4-7(8)9/h6H,3-5H2,1-2H3,(H,8,9). The molecule has 0 aliphatic carbocycles. The Kier molecular flexibility index (Phi) is 4.94. The van der Waals surface area contributed by atoms with Crippen LogP contribution >= 0.6 is 0 Å². The van der Waals surface area contributed by atoms with E-state index < -0.39 is 5.97 Å². The van der Waals surface area contributed by atoms with Crippen molar-refractivity contribution in [2.45, 2.75) is 19.8 Å². The van der Waals surface area contributed by atoms with Crippen molar-refractivity contribution in [3.8, 4) is 0 Å². The molecule has 0 heterocycles. The van der Waals surface area contributed by atoms with Crippen LogP contribution in [0.1, 0.15) is 19.8 Å². The fourth-order valence-corrected chi connectivity index (χ4v) is 0.738. The van der Waals surface area contributed by atoms with Crippen molar-refractivity contribution >= 4 is 5.97 Å². The van der Waals surface area contributed by atoms with Crippen molar-refractivity contribution in [2.75, 3.05) is 13.7 Å². The van der Waals surface area contributed by atoms with Crippen molar-refractivity contribution in [1.82, 2.24) is 0 Å². The van der Waals surface area contributed by atoms with Gasteiger partial charge in [-0.25, -0.2) is 0 Å². The molecule has 0 aliphatic rings. The maximum atomic E-state index is 10.1. The third-order valence-electron chi connectivity index (χ3n) is 1.30. The number of carbonyl (C=O) groups is 1. The van der Waals surface area contributed by atoms with Crippen LogP contribution in [0.5, 0.6) is 0 Å². The second-order valence-electron chi connectivity index (χ2n) is 2.49. The van der Waals surface area contributed by atoms with Gasteiger partial charge >= 0.3 is 5.97 Å². The Bertz CT molecular complexity index is 101. The van der Waals surface area contributed by atoms with Crippen LogP contribution in [0.4, 0.5) is 0 Å². The number of hydrogen-bond donors (Lipinski definition) is 1. The molecule has 3 heteroatoms. The smallest absolute Gasteiger partial charge is 0.303 e. The minimum absolute atomic E-state index is 0.241. The molecule has 10 heavy (non-hydrogen) atoms. The molecule has 60 valence electrons. The summed E-state index contributed by atoms with van der Waals surface area (Å²) in [6.07, 6.45) is 0.938. The molecule has 0 aromatic rings. The molecule has 0 aromatic heterocycles. The molecule has 0 fully saturated rings. The predicted octanol–water partition coefficient (Wildman–Crippen LogP) is 1.13. The van der Waals surface area contributed by atoms with Gasteiger partial charge in [-0.3, -0.25) is 4.79 Å². The Balaban J connectivity index is 3.21. The van der Waals surface area contributed by atoms with Crippen LogP contribution in [0.15, 0.2) is 0 Å². The van der Waals surface area contributed by atoms with Crippen LogP contribution < -0.4 is 0 Å². The molecule has 0 spiro atoms. The molecular weight excluding hydrogens is 132 g/mol. The van der Waals surface area contributed by atoms with Gasteiger partial charge in [0.15, 0.2) is 0 Å². The molecule has 0 saturated carbocycles. The monoisotopic (exact) mass is 146 g/mol. The van der Waals surface area contributed by atoms with Crippen molar-refractivity contribution in [2.24, 2.45) is 5.92 Å². The molecule has 0 bridgehead atoms. The molecule has 0 radical (unpaired) electrons. The third kappa shape index (κ3) is 5.56. The summed E-state index contributed by atoms with van der Waals surface area (Å²) in [7, 11) is 1.62. The highest BCUT2D eigenvalue weighted by molar-refractivity contribution is 5.66. The first-order valence-electron chi connectivity index (χ1n) is 3.37. The molecule has 1 atom stereocenters. The van der Waals surface area contributed by atoms with E-state index in [1.807, 2.05) is 6.92 Å². The molecule has 0 amide bonds. The second kappa shape index (κ2) is 5.23. The van der Waals surface area contributed by atoms with E-state index >= 15 is 0 Å². The van der Waals surface area contributed by atoms with Gasteiger partial charge in [0.05, 0.1) is 0 Å². The number of ether oxygens (including phenoxy) is 1. The quantitative estimate of drug-likeness (QED) is 0.632. The molecule has 1 unspecified atom stereocenters. The van der Waals surface area contributed by atoms with Crippen LogP contribution in [0, 0.1) is 5.92 Å². The van der Waals surface area contributed by atoms with Gasteiger partial charge < -0.3 is 9.84 Å². The Labute approximate surface area is 61.0 Å². The van der Waals surface area contributed by atoms with Crippen molar-refractivity contribution < 1.29 is 14.6 Å². The first-order chi connectivity index (χ1) is 4.66. The van der Waals surface area contributed by atoms with Gasteiger partial charge in [-0.15, -0.1) is 0 Å². The summed E-state index contributed by atoms with van der Waals surface area (Å²) < 4.78 is 4.84. The highest BCUT2D eigenvalue weighted by atomic mass is 16.5. The van der Waals surface area contributed by atoms with Gasteiger partial charge in [0, 0.05) is 20.1 Å². The maximum absolute atomic E-state index is 10.1. The summed E-state index contributed by atoms with van der Waals surface area (Å²) >= 11 is 0. The first kappa shape index (κ1) is 9.43. The Morgan fingerprint density at radius 1 is 1.70 bits per heavy atom. The average molecular weight is 146 g/mol. The summed E-state index contributed by atoms with van der Waals surface area (Å²) in [5, 5.41) is 8.29. The Morgan fingerprint density at radius 3 is 2.70 bits per heavy atom. The van der Waals surface area contributed by atoms with Crippen molar-refractivity contribution in [3.05, 3.63) is 0 Å². The maximum Gasteiger partial charge on any atom is 0.303 e. The Morgan fingerprint density at radius 2 is 2.30 bits per heavy atom. The van der Waals surface area contributed by atoms with E-state index in [0.29, 0.717) is 18.9 Å². The van der Waals surface area contributed by atoms with E-state index in [2.05, 4.69) is 0 Å². The van der Waals surface area contributed by atoms with Crippen LogP contribution in [0.2, 0.25) is 0 Å². The van der Waals surface area contributed by atoms with Gasteiger partial charge in [0.1, 0.15) is 0 Å². The molecule has 0 saturated heterocycles. The fraction of sp³-hybridized carbons (Fsp3) is 0.857. The molecule has 1 N–H and O–H groups in total. The number of hydrogen-bond acceptors (Lipinski definition) is 2. The summed E-state index contributed by atoms with van der Waals surface area (Å²) in [5.41, 5.74) is 0. The Hall–Kier alpha value is -0.570. The lowest BCUT2D eigenvalue weighted by atomic mass is 10.1. The van der Waals surface area contributed by atoms with Crippen LogP contribution in [0.3, 0.4) is 0 Å². The fourth-order valence-electron chi connectivity index (χ4n) is 0.738. The van der Waals surface area contributed by atoms with Crippen molar-refractivity contribution in [3.63, 3.8) is 0 Å². The van der Waals surface area contributed by atoms with E-state index in [4.69, 9.17) is 9.84 Å². The molecule has 3 nitrogen and oxygen atoms in total. The van der Waals surface area contributed by atoms with Crippen LogP contribution in [-0.2, 0) is 9.53 Å². The number of rotatable bonds is 5. The molecular formula is C7H14O3. The first-order valence-corrected chi connectivity index (χ1v) is 3.37. The van der Waals surface area contributed by atoms with Gasteiger partial charge in [-0.1, -0.05) is 6.92 Å². The van der Waals surface area contributed by atoms with E-state index in [9.17, 15) is 4.79 Å². The molecule has 0 rings (SSSR count). The van der Waals surface area contributed by atoms with E-state index in [-0.39, 0.29) is 6.42 Å². The highest BCUT2D eigenvalue weighted by Crippen LogP contribution is 2.04. The zero-order valence-electron chi connectivity index (χ0n) is 6.46. The zero-order valence-corrected chi connectivity index (χ0v) is 6.46. The molecule has 0 aromatic carbocycles. The normalized spacial score (nSPS) is 13.0.